The average molecular weight is 386 g/mol. The number of carbonyl (C=O) groups excluding carboxylic acids is 1. The molecule has 0 aliphatic carbocycles. The zero-order valence-corrected chi connectivity index (χ0v) is 16.4. The van der Waals surface area contributed by atoms with E-state index in [1.807, 2.05) is 48.0 Å². The van der Waals surface area contributed by atoms with Gasteiger partial charge in [0, 0.05) is 16.6 Å². The number of hydrogen-bond acceptors (Lipinski definition) is 5. The van der Waals surface area contributed by atoms with Gasteiger partial charge < -0.3 is 5.32 Å². The van der Waals surface area contributed by atoms with Crippen LogP contribution in [-0.2, 0) is 10.3 Å². The van der Waals surface area contributed by atoms with Crippen molar-refractivity contribution >= 4 is 34.7 Å². The van der Waals surface area contributed by atoms with Crippen LogP contribution in [0.3, 0.4) is 0 Å². The van der Waals surface area contributed by atoms with Crippen molar-refractivity contribution in [2.75, 3.05) is 11.6 Å². The molecule has 0 aliphatic heterocycles. The molecule has 0 saturated carbocycles. The molecule has 3 aromatic rings. The molecule has 1 N–H and O–H groups in total. The fourth-order valence-electron chi connectivity index (χ4n) is 2.45. The summed E-state index contributed by atoms with van der Waals surface area (Å²) < 4.78 is 1.25. The Morgan fingerprint density at radius 2 is 2.00 bits per heavy atom. The summed E-state index contributed by atoms with van der Waals surface area (Å²) >= 11 is 3.13. The molecule has 3 rings (SSSR count). The molecule has 0 fully saturated rings. The Morgan fingerprint density at radius 3 is 2.69 bits per heavy atom. The van der Waals surface area contributed by atoms with E-state index in [4.69, 9.17) is 0 Å². The van der Waals surface area contributed by atoms with Gasteiger partial charge >= 0.3 is 0 Å². The van der Waals surface area contributed by atoms with E-state index in [1.54, 1.807) is 31.7 Å². The van der Waals surface area contributed by atoms with E-state index >= 15 is 0 Å². The minimum absolute atomic E-state index is 0.298. The van der Waals surface area contributed by atoms with Crippen molar-refractivity contribution in [3.63, 3.8) is 0 Å². The number of benzene rings is 1. The Hall–Kier alpha value is -2.38. The summed E-state index contributed by atoms with van der Waals surface area (Å²) in [6.07, 6.45) is 1.98. The lowest BCUT2D eigenvalue weighted by Gasteiger charge is -2.25. The molecule has 2 aromatic heterocycles. The van der Waals surface area contributed by atoms with Gasteiger partial charge in [0.25, 0.3) is 11.5 Å². The van der Waals surface area contributed by atoms with E-state index in [-0.39, 0.29) is 11.5 Å². The van der Waals surface area contributed by atoms with Crippen LogP contribution in [0.15, 0.2) is 63.6 Å². The lowest BCUT2D eigenvalue weighted by Crippen LogP contribution is -2.47. The molecule has 7 heteroatoms. The Labute approximate surface area is 160 Å². The topological polar surface area (TPSA) is 64.0 Å². The van der Waals surface area contributed by atoms with E-state index in [0.29, 0.717) is 11.4 Å². The van der Waals surface area contributed by atoms with Gasteiger partial charge in [0.2, 0.25) is 0 Å². The van der Waals surface area contributed by atoms with Crippen molar-refractivity contribution in [1.82, 2.24) is 9.78 Å². The number of aromatic nitrogens is 2. The van der Waals surface area contributed by atoms with Crippen LogP contribution in [0.1, 0.15) is 13.8 Å². The molecule has 1 aromatic carbocycles. The second-order valence-electron chi connectivity index (χ2n) is 6.19. The van der Waals surface area contributed by atoms with Crippen molar-refractivity contribution in [2.24, 2.45) is 0 Å². The molecule has 0 bridgehead atoms. The first-order valence-corrected chi connectivity index (χ1v) is 10.1. The molecule has 0 spiro atoms. The highest BCUT2D eigenvalue weighted by Crippen LogP contribution is 2.24. The smallest absolute Gasteiger partial charge is 0.267 e. The number of thiophene rings is 1. The predicted molar refractivity (Wildman–Crippen MR) is 108 cm³/mol. The summed E-state index contributed by atoms with van der Waals surface area (Å²) in [4.78, 5) is 27.2. The number of nitrogens with zero attached hydrogens (tertiary/aromatic N) is 2. The number of amides is 1. The number of thioether (sulfide) groups is 1. The zero-order chi connectivity index (χ0) is 18.7. The number of anilines is 1. The molecule has 0 unspecified atom stereocenters. The molecule has 2 heterocycles. The molecule has 134 valence electrons. The number of carbonyl (C=O) groups is 1. The van der Waals surface area contributed by atoms with Crippen LogP contribution in [-0.4, -0.2) is 21.9 Å². The highest BCUT2D eigenvalue weighted by atomic mass is 32.2. The van der Waals surface area contributed by atoms with Crippen molar-refractivity contribution < 1.29 is 4.79 Å². The van der Waals surface area contributed by atoms with E-state index in [9.17, 15) is 9.59 Å². The fraction of sp³-hybridized carbons (Fsp3) is 0.211. The predicted octanol–water partition coefficient (Wildman–Crippen LogP) is 4.07. The molecule has 0 atom stereocenters. The highest BCUT2D eigenvalue weighted by molar-refractivity contribution is 7.98. The lowest BCUT2D eigenvalue weighted by atomic mass is 10.0. The van der Waals surface area contributed by atoms with Crippen LogP contribution in [0, 0.1) is 0 Å². The van der Waals surface area contributed by atoms with Crippen LogP contribution in [0.5, 0.6) is 0 Å². The first kappa shape index (κ1) is 18.4. The van der Waals surface area contributed by atoms with Crippen LogP contribution in [0.2, 0.25) is 0 Å². The monoisotopic (exact) mass is 385 g/mol. The Kier molecular flexibility index (Phi) is 5.29. The maximum Gasteiger partial charge on any atom is 0.267 e. The molecule has 1 amide bonds. The average Bonchev–Trinajstić information content (AvgIpc) is 3.16. The summed E-state index contributed by atoms with van der Waals surface area (Å²) in [6, 6.07) is 14.6. The van der Waals surface area contributed by atoms with Crippen molar-refractivity contribution in [3.8, 4) is 10.6 Å². The van der Waals surface area contributed by atoms with Gasteiger partial charge in [0.05, 0.1) is 4.88 Å². The maximum atomic E-state index is 12.9. The summed E-state index contributed by atoms with van der Waals surface area (Å²) in [5, 5.41) is 9.27. The largest absolute Gasteiger partial charge is 0.324 e. The molecular formula is C19H19N3O2S2. The van der Waals surface area contributed by atoms with Gasteiger partial charge in [-0.05, 0) is 55.8 Å². The third kappa shape index (κ3) is 3.73. The van der Waals surface area contributed by atoms with Gasteiger partial charge in [-0.25, -0.2) is 4.68 Å². The van der Waals surface area contributed by atoms with Gasteiger partial charge in [-0.15, -0.1) is 23.1 Å². The Morgan fingerprint density at radius 1 is 1.19 bits per heavy atom. The Balaban J connectivity index is 1.92. The minimum atomic E-state index is -1.14. The van der Waals surface area contributed by atoms with E-state index in [2.05, 4.69) is 10.4 Å². The quantitative estimate of drug-likeness (QED) is 0.673. The van der Waals surface area contributed by atoms with Gasteiger partial charge in [-0.3, -0.25) is 9.59 Å². The first-order chi connectivity index (χ1) is 12.4. The fourth-order valence-corrected chi connectivity index (χ4v) is 3.60. The molecule has 26 heavy (non-hydrogen) atoms. The van der Waals surface area contributed by atoms with E-state index in [0.717, 1.165) is 9.77 Å². The minimum Gasteiger partial charge on any atom is -0.324 e. The zero-order valence-electron chi connectivity index (χ0n) is 14.7. The summed E-state index contributed by atoms with van der Waals surface area (Å²) in [5.41, 5.74) is -0.0924. The lowest BCUT2D eigenvalue weighted by molar-refractivity contribution is -0.123. The third-order valence-corrected chi connectivity index (χ3v) is 5.60. The second kappa shape index (κ2) is 7.47. The first-order valence-electron chi connectivity index (χ1n) is 8.02. The number of hydrogen-bond donors (Lipinski definition) is 1. The molecule has 0 aliphatic rings. The highest BCUT2D eigenvalue weighted by Gasteiger charge is 2.32. The van der Waals surface area contributed by atoms with Gasteiger partial charge in [-0.2, -0.15) is 5.10 Å². The Bertz CT molecular complexity index is 978. The van der Waals surface area contributed by atoms with Crippen LogP contribution >= 0.6 is 23.1 Å². The van der Waals surface area contributed by atoms with E-state index < -0.39 is 5.54 Å². The van der Waals surface area contributed by atoms with Crippen LogP contribution in [0.4, 0.5) is 5.69 Å². The van der Waals surface area contributed by atoms with Crippen molar-refractivity contribution in [3.05, 3.63) is 64.3 Å². The summed E-state index contributed by atoms with van der Waals surface area (Å²) in [6.45, 7) is 3.38. The van der Waals surface area contributed by atoms with Gasteiger partial charge in [-0.1, -0.05) is 12.1 Å². The maximum absolute atomic E-state index is 12.9. The molecule has 0 saturated heterocycles. The SMILES string of the molecule is CSc1cccc(NC(=O)C(C)(C)n2nc(-c3cccs3)ccc2=O)c1. The summed E-state index contributed by atoms with van der Waals surface area (Å²) in [5.74, 6) is -0.298. The third-order valence-electron chi connectivity index (χ3n) is 3.99. The van der Waals surface area contributed by atoms with Crippen LogP contribution in [0.25, 0.3) is 10.6 Å². The summed E-state index contributed by atoms with van der Waals surface area (Å²) in [7, 11) is 0. The van der Waals surface area contributed by atoms with Crippen molar-refractivity contribution in [2.45, 2.75) is 24.3 Å². The van der Waals surface area contributed by atoms with Crippen molar-refractivity contribution in [1.29, 1.82) is 0 Å². The molecule has 5 nitrogen and oxygen atoms in total. The van der Waals surface area contributed by atoms with E-state index in [1.165, 1.54) is 22.1 Å². The van der Waals surface area contributed by atoms with Crippen LogP contribution < -0.4 is 10.9 Å². The normalized spacial score (nSPS) is 11.3. The number of rotatable bonds is 5. The molecular weight excluding hydrogens is 366 g/mol. The number of nitrogens with one attached hydrogen (secondary N) is 1. The second-order valence-corrected chi connectivity index (χ2v) is 8.02. The van der Waals surface area contributed by atoms with Gasteiger partial charge in [0.1, 0.15) is 11.2 Å². The molecule has 0 radical (unpaired) electrons. The van der Waals surface area contributed by atoms with Gasteiger partial charge in [0.15, 0.2) is 0 Å². The standard InChI is InChI=1S/C19H19N3O2S2/c1-19(2,18(24)20-13-6-4-7-14(12-13)25-3)22-17(23)10-9-15(21-22)16-8-5-11-26-16/h4-12H,1-3H3,(H,20,24).